The van der Waals surface area contributed by atoms with Gasteiger partial charge in [-0.05, 0) is 71.5 Å². The van der Waals surface area contributed by atoms with E-state index < -0.39 is 20.6 Å². The van der Waals surface area contributed by atoms with Gasteiger partial charge < -0.3 is 4.42 Å². The second-order valence-electron chi connectivity index (χ2n) is 9.09. The first-order valence-corrected chi connectivity index (χ1v) is 10.5. The summed E-state index contributed by atoms with van der Waals surface area (Å²) in [6.07, 6.45) is 1.26. The Kier molecular flexibility index (Phi) is 2.89. The zero-order chi connectivity index (χ0) is 30.1. The van der Waals surface area contributed by atoms with E-state index in [0.29, 0.717) is 27.6 Å². The zero-order valence-corrected chi connectivity index (χ0v) is 18.2. The van der Waals surface area contributed by atoms with Gasteiger partial charge in [0, 0.05) is 34.9 Å². The Morgan fingerprint density at radius 1 is 0.719 bits per heavy atom. The number of rotatable bonds is 2. The van der Waals surface area contributed by atoms with Gasteiger partial charge in [0.2, 0.25) is 0 Å². The molecule has 0 unspecified atom stereocenters. The maximum absolute atomic E-state index is 8.26. The molecular weight excluding hydrogens is 390 g/mol. The largest absolute Gasteiger partial charge is 0.455 e. The van der Waals surface area contributed by atoms with E-state index in [-0.39, 0.29) is 38.8 Å². The Balaban J connectivity index is 1.81. The van der Waals surface area contributed by atoms with Gasteiger partial charge in [-0.1, -0.05) is 69.3 Å². The zero-order valence-electron chi connectivity index (χ0n) is 27.2. The maximum Gasteiger partial charge on any atom is 0.144 e. The predicted molar refractivity (Wildman–Crippen MR) is 135 cm³/mol. The molecule has 0 saturated heterocycles. The highest BCUT2D eigenvalue weighted by molar-refractivity contribution is 6.10. The maximum atomic E-state index is 8.26. The van der Waals surface area contributed by atoms with Gasteiger partial charge in [0.1, 0.15) is 11.2 Å². The van der Waals surface area contributed by atoms with Gasteiger partial charge in [0.05, 0.1) is 5.69 Å². The van der Waals surface area contributed by atoms with Crippen LogP contribution in [0.5, 0.6) is 0 Å². The molecule has 2 aromatic heterocycles. The average Bonchev–Trinajstić information content (AvgIpc) is 3.24. The van der Waals surface area contributed by atoms with Crippen LogP contribution in [0.15, 0.2) is 71.3 Å². The molecule has 0 amide bonds. The molecule has 160 valence electrons. The number of nitrogens with zero attached hydrogens (tertiary/aromatic N) is 1. The first kappa shape index (κ1) is 12.6. The third-order valence-corrected chi connectivity index (χ3v) is 5.88. The summed E-state index contributed by atoms with van der Waals surface area (Å²) in [5.74, 6) is 0. The van der Waals surface area contributed by atoms with Crippen molar-refractivity contribution in [2.24, 2.45) is 0 Å². The van der Waals surface area contributed by atoms with Crippen molar-refractivity contribution < 1.29 is 16.8 Å². The molecule has 2 nitrogen and oxygen atoms in total. The Bertz CT molecular complexity index is 1790. The number of pyridine rings is 1. The van der Waals surface area contributed by atoms with Crippen LogP contribution < -0.4 is 0 Å². The minimum absolute atomic E-state index is 0.0526. The quantitative estimate of drug-likeness (QED) is 0.281. The predicted octanol–water partition coefficient (Wildman–Crippen LogP) is 8.54. The van der Waals surface area contributed by atoms with E-state index in [1.54, 1.807) is 42.5 Å². The van der Waals surface area contributed by atoms with Crippen LogP contribution in [0.2, 0.25) is 0 Å². The fourth-order valence-corrected chi connectivity index (χ4v) is 4.09. The van der Waals surface area contributed by atoms with Gasteiger partial charge in [0.25, 0.3) is 0 Å². The lowest BCUT2D eigenvalue weighted by atomic mass is 9.84. The van der Waals surface area contributed by atoms with Gasteiger partial charge in [-0.25, -0.2) is 0 Å². The number of benzene rings is 3. The molecule has 2 heterocycles. The van der Waals surface area contributed by atoms with Crippen LogP contribution >= 0.6 is 0 Å². The Morgan fingerprint density at radius 3 is 2.22 bits per heavy atom. The van der Waals surface area contributed by atoms with Crippen molar-refractivity contribution in [1.29, 1.82) is 0 Å². The Morgan fingerprint density at radius 2 is 1.47 bits per heavy atom. The summed E-state index contributed by atoms with van der Waals surface area (Å²) in [7, 11) is 0. The molecule has 5 aromatic rings. The van der Waals surface area contributed by atoms with Crippen LogP contribution in [0.1, 0.15) is 55.4 Å². The molecular formula is C30H29NO. The molecule has 0 fully saturated rings. The molecule has 0 spiro atoms. The van der Waals surface area contributed by atoms with Crippen LogP contribution in [0.4, 0.5) is 0 Å². The Hall–Kier alpha value is -3.39. The summed E-state index contributed by atoms with van der Waals surface area (Å²) in [5.41, 5.74) is 2.62. The summed E-state index contributed by atoms with van der Waals surface area (Å²) in [6, 6.07) is 17.0. The molecule has 0 saturated carbocycles. The highest BCUT2D eigenvalue weighted by atomic mass is 16.3. The minimum Gasteiger partial charge on any atom is -0.455 e. The lowest BCUT2D eigenvalue weighted by Crippen LogP contribution is -2.11. The average molecular weight is 429 g/mol. The van der Waals surface area contributed by atoms with Crippen LogP contribution in [-0.2, 0) is 5.41 Å². The minimum atomic E-state index is -2.56. The van der Waals surface area contributed by atoms with Gasteiger partial charge in [-0.3, -0.25) is 4.98 Å². The van der Waals surface area contributed by atoms with E-state index in [1.807, 2.05) is 32.9 Å². The van der Waals surface area contributed by atoms with Crippen molar-refractivity contribution in [3.05, 3.63) is 89.1 Å². The Labute approximate surface area is 202 Å². The fourth-order valence-electron chi connectivity index (χ4n) is 4.09. The van der Waals surface area contributed by atoms with Crippen LogP contribution in [0, 0.1) is 20.6 Å². The summed E-state index contributed by atoms with van der Waals surface area (Å²) in [4.78, 5) is 4.47. The molecule has 0 aliphatic heterocycles. The van der Waals surface area contributed by atoms with E-state index in [4.69, 9.17) is 16.8 Å². The molecule has 0 atom stereocenters. The number of aryl methyl sites for hydroxylation is 3. The molecule has 0 bridgehead atoms. The summed E-state index contributed by atoms with van der Waals surface area (Å²) >= 11 is 0. The molecule has 0 radical (unpaired) electrons. The van der Waals surface area contributed by atoms with Crippen molar-refractivity contribution in [2.75, 3.05) is 0 Å². The molecule has 0 aliphatic carbocycles. The highest BCUT2D eigenvalue weighted by Crippen LogP contribution is 2.38. The number of furan rings is 1. The van der Waals surface area contributed by atoms with Crippen molar-refractivity contribution >= 4 is 21.9 Å². The number of aromatic nitrogens is 1. The molecule has 3 aromatic carbocycles. The molecule has 32 heavy (non-hydrogen) atoms. The van der Waals surface area contributed by atoms with Crippen LogP contribution in [0.3, 0.4) is 0 Å². The SMILES string of the molecule is [2H]C([2H])([2H])c1cnc(-c2cccc3c2oc2c(C([2H])([2H])[2H])cccc23)cc1-c1ccc(C(C)(C)C)cc1C([2H])([2H])[2H]. The fraction of sp³-hybridized carbons (Fsp3) is 0.233. The van der Waals surface area contributed by atoms with Gasteiger partial charge in [0.15, 0.2) is 0 Å². The van der Waals surface area contributed by atoms with E-state index in [2.05, 4.69) is 4.98 Å². The summed E-state index contributed by atoms with van der Waals surface area (Å²) < 4.78 is 79.3. The van der Waals surface area contributed by atoms with Crippen molar-refractivity contribution in [3.8, 4) is 22.4 Å². The van der Waals surface area contributed by atoms with E-state index >= 15 is 0 Å². The van der Waals surface area contributed by atoms with Gasteiger partial charge in [-0.15, -0.1) is 0 Å². The van der Waals surface area contributed by atoms with Crippen LogP contribution in [-0.4, -0.2) is 4.98 Å². The van der Waals surface area contributed by atoms with Crippen molar-refractivity contribution in [1.82, 2.24) is 4.98 Å². The van der Waals surface area contributed by atoms with E-state index in [9.17, 15) is 0 Å². The number of fused-ring (bicyclic) bond motifs is 3. The smallest absolute Gasteiger partial charge is 0.144 e. The number of hydrogen-bond donors (Lipinski definition) is 0. The second-order valence-corrected chi connectivity index (χ2v) is 9.09. The topological polar surface area (TPSA) is 26.0 Å². The molecule has 0 N–H and O–H groups in total. The van der Waals surface area contributed by atoms with E-state index in [0.717, 1.165) is 5.56 Å². The van der Waals surface area contributed by atoms with Crippen LogP contribution in [0.25, 0.3) is 44.3 Å². The monoisotopic (exact) mass is 428 g/mol. The lowest BCUT2D eigenvalue weighted by molar-refractivity contribution is 0.590. The first-order valence-electron chi connectivity index (χ1n) is 15.0. The highest BCUT2D eigenvalue weighted by Gasteiger charge is 2.18. The third kappa shape index (κ3) is 3.31. The lowest BCUT2D eigenvalue weighted by Gasteiger charge is -2.21. The molecule has 2 heteroatoms. The summed E-state index contributed by atoms with van der Waals surface area (Å²) in [5, 5.41) is 1.32. The number of hydrogen-bond acceptors (Lipinski definition) is 2. The normalized spacial score (nSPS) is 17.4. The second kappa shape index (κ2) is 7.34. The van der Waals surface area contributed by atoms with Crippen molar-refractivity contribution in [3.63, 3.8) is 0 Å². The summed E-state index contributed by atoms with van der Waals surface area (Å²) in [6.45, 7) is -1.50. The first-order chi connectivity index (χ1) is 18.9. The number of para-hydroxylation sites is 2. The van der Waals surface area contributed by atoms with Gasteiger partial charge in [-0.2, -0.15) is 0 Å². The standard InChI is InChI=1S/C30H29NO/c1-18-9-7-10-23-24-11-8-12-25(29(24)32-28(18)23)27-16-26(20(3)17-31-27)22-14-13-21(15-19(22)2)30(4,5)6/h7-17H,1-6H3/i1D3,2D3,3D3. The van der Waals surface area contributed by atoms with Gasteiger partial charge >= 0.3 is 0 Å². The third-order valence-electron chi connectivity index (χ3n) is 5.88. The van der Waals surface area contributed by atoms with Crippen molar-refractivity contribution in [2.45, 2.75) is 46.7 Å². The molecule has 0 aliphatic rings. The molecule has 5 rings (SSSR count). The van der Waals surface area contributed by atoms with E-state index in [1.165, 1.54) is 12.3 Å².